The first-order chi connectivity index (χ1) is 11.7. The fourth-order valence-electron chi connectivity index (χ4n) is 2.50. The van der Waals surface area contributed by atoms with E-state index in [1.165, 1.54) is 5.56 Å². The van der Waals surface area contributed by atoms with Crippen LogP contribution < -0.4 is 10.6 Å². The molecule has 1 aromatic carbocycles. The van der Waals surface area contributed by atoms with Gasteiger partial charge in [-0.3, -0.25) is 4.98 Å². The van der Waals surface area contributed by atoms with Gasteiger partial charge < -0.3 is 10.6 Å². The number of guanidine groups is 1. The van der Waals surface area contributed by atoms with Crippen LogP contribution in [0.15, 0.2) is 53.5 Å². The molecule has 1 unspecified atom stereocenters. The van der Waals surface area contributed by atoms with Crippen molar-refractivity contribution in [3.8, 4) is 0 Å². The summed E-state index contributed by atoms with van der Waals surface area (Å²) in [4.78, 5) is 9.15. The lowest BCUT2D eigenvalue weighted by Gasteiger charge is -2.18. The Kier molecular flexibility index (Phi) is 10.1. The molecule has 0 aliphatic heterocycles. The van der Waals surface area contributed by atoms with Crippen LogP contribution in [-0.4, -0.2) is 23.5 Å². The van der Waals surface area contributed by atoms with E-state index < -0.39 is 0 Å². The van der Waals surface area contributed by atoms with Crippen LogP contribution in [0.25, 0.3) is 0 Å². The highest BCUT2D eigenvalue weighted by molar-refractivity contribution is 14.0. The standard InChI is InChI=1S/C20H28N4.HI/c1-4-21-20(22-15-19-12-8-9-16(2)23-19)24-17(3)13-14-18-10-6-5-7-11-18;/h5-12,17H,4,13-15H2,1-3H3,(H2,21,22,24);1H. The maximum Gasteiger partial charge on any atom is 0.191 e. The molecule has 1 heterocycles. The van der Waals surface area contributed by atoms with Crippen LogP contribution >= 0.6 is 24.0 Å². The number of pyridine rings is 1. The van der Waals surface area contributed by atoms with Crippen molar-refractivity contribution in [2.24, 2.45) is 4.99 Å². The Hall–Kier alpha value is -1.63. The number of nitrogens with zero attached hydrogens (tertiary/aromatic N) is 2. The van der Waals surface area contributed by atoms with Gasteiger partial charge in [-0.2, -0.15) is 0 Å². The summed E-state index contributed by atoms with van der Waals surface area (Å²) in [5, 5.41) is 6.79. The Bertz CT molecular complexity index is 643. The van der Waals surface area contributed by atoms with Gasteiger partial charge in [0.05, 0.1) is 12.2 Å². The molecular weight excluding hydrogens is 423 g/mol. The number of hydrogen-bond donors (Lipinski definition) is 2. The molecule has 1 aromatic heterocycles. The highest BCUT2D eigenvalue weighted by Gasteiger charge is 2.06. The van der Waals surface area contributed by atoms with E-state index in [0.717, 1.165) is 36.7 Å². The molecule has 5 heteroatoms. The van der Waals surface area contributed by atoms with Gasteiger partial charge >= 0.3 is 0 Å². The van der Waals surface area contributed by atoms with Crippen molar-refractivity contribution in [1.29, 1.82) is 0 Å². The van der Waals surface area contributed by atoms with E-state index in [1.807, 2.05) is 25.1 Å². The molecule has 0 saturated carbocycles. The van der Waals surface area contributed by atoms with Crippen LogP contribution in [-0.2, 0) is 13.0 Å². The molecule has 0 aliphatic carbocycles. The molecule has 0 spiro atoms. The van der Waals surface area contributed by atoms with Crippen molar-refractivity contribution in [2.75, 3.05) is 6.54 Å². The summed E-state index contributed by atoms with van der Waals surface area (Å²) in [6, 6.07) is 17.0. The molecule has 0 amide bonds. The second-order valence-corrected chi connectivity index (χ2v) is 6.04. The lowest BCUT2D eigenvalue weighted by atomic mass is 10.1. The van der Waals surface area contributed by atoms with E-state index in [9.17, 15) is 0 Å². The van der Waals surface area contributed by atoms with E-state index in [0.29, 0.717) is 12.6 Å². The largest absolute Gasteiger partial charge is 0.357 e. The van der Waals surface area contributed by atoms with Crippen molar-refractivity contribution in [1.82, 2.24) is 15.6 Å². The molecule has 0 radical (unpaired) electrons. The SMILES string of the molecule is CCNC(=NCc1cccc(C)n1)NC(C)CCc1ccccc1.I. The highest BCUT2D eigenvalue weighted by Crippen LogP contribution is 2.05. The fraction of sp³-hybridized carbons (Fsp3) is 0.400. The average molecular weight is 452 g/mol. The third-order valence-corrected chi connectivity index (χ3v) is 3.78. The van der Waals surface area contributed by atoms with Gasteiger partial charge in [0.2, 0.25) is 0 Å². The van der Waals surface area contributed by atoms with Gasteiger partial charge in [0.25, 0.3) is 0 Å². The number of halogens is 1. The molecular formula is C20H29IN4. The van der Waals surface area contributed by atoms with E-state index in [4.69, 9.17) is 0 Å². The lowest BCUT2D eigenvalue weighted by Crippen LogP contribution is -2.42. The average Bonchev–Trinajstić information content (AvgIpc) is 2.59. The molecule has 0 fully saturated rings. The molecule has 0 saturated heterocycles. The van der Waals surface area contributed by atoms with Crippen LogP contribution in [0, 0.1) is 6.92 Å². The molecule has 0 bridgehead atoms. The van der Waals surface area contributed by atoms with Crippen LogP contribution in [0.4, 0.5) is 0 Å². The first-order valence-electron chi connectivity index (χ1n) is 8.68. The molecule has 136 valence electrons. The number of benzene rings is 1. The minimum Gasteiger partial charge on any atom is -0.357 e. The van der Waals surface area contributed by atoms with Gasteiger partial charge in [0.1, 0.15) is 0 Å². The van der Waals surface area contributed by atoms with E-state index in [1.54, 1.807) is 0 Å². The van der Waals surface area contributed by atoms with E-state index in [-0.39, 0.29) is 24.0 Å². The summed E-state index contributed by atoms with van der Waals surface area (Å²) in [7, 11) is 0. The normalized spacial score (nSPS) is 12.2. The first-order valence-corrected chi connectivity index (χ1v) is 8.68. The monoisotopic (exact) mass is 452 g/mol. The fourth-order valence-corrected chi connectivity index (χ4v) is 2.50. The van der Waals surface area contributed by atoms with Gasteiger partial charge in [-0.25, -0.2) is 4.99 Å². The third-order valence-electron chi connectivity index (χ3n) is 3.78. The molecule has 25 heavy (non-hydrogen) atoms. The Morgan fingerprint density at radius 3 is 2.56 bits per heavy atom. The number of nitrogens with one attached hydrogen (secondary N) is 2. The van der Waals surface area contributed by atoms with Gasteiger partial charge in [-0.15, -0.1) is 24.0 Å². The summed E-state index contributed by atoms with van der Waals surface area (Å²) in [5.41, 5.74) is 3.39. The van der Waals surface area contributed by atoms with Crippen molar-refractivity contribution in [3.05, 3.63) is 65.5 Å². The van der Waals surface area contributed by atoms with Crippen molar-refractivity contribution >= 4 is 29.9 Å². The predicted octanol–water partition coefficient (Wildman–Crippen LogP) is 4.08. The van der Waals surface area contributed by atoms with Gasteiger partial charge in [0.15, 0.2) is 5.96 Å². The summed E-state index contributed by atoms with van der Waals surface area (Å²) in [5.74, 6) is 0.848. The van der Waals surface area contributed by atoms with Gasteiger partial charge in [-0.05, 0) is 51.3 Å². The topological polar surface area (TPSA) is 49.3 Å². The molecule has 0 aliphatic rings. The Labute approximate surface area is 168 Å². The zero-order valence-corrected chi connectivity index (χ0v) is 17.7. The minimum absolute atomic E-state index is 0. The third kappa shape index (κ3) is 8.34. The second kappa shape index (κ2) is 11.8. The summed E-state index contributed by atoms with van der Waals surface area (Å²) in [6.45, 7) is 7.71. The molecule has 1 atom stereocenters. The van der Waals surface area contributed by atoms with E-state index >= 15 is 0 Å². The minimum atomic E-state index is 0. The number of aromatic nitrogens is 1. The molecule has 2 aromatic rings. The Morgan fingerprint density at radius 1 is 1.12 bits per heavy atom. The first kappa shape index (κ1) is 21.4. The van der Waals surface area contributed by atoms with Gasteiger partial charge in [0, 0.05) is 18.3 Å². The number of aryl methyl sites for hydroxylation is 2. The number of hydrogen-bond acceptors (Lipinski definition) is 2. The number of rotatable bonds is 7. The molecule has 4 nitrogen and oxygen atoms in total. The van der Waals surface area contributed by atoms with Crippen LogP contribution in [0.1, 0.15) is 37.2 Å². The summed E-state index contributed by atoms with van der Waals surface area (Å²) < 4.78 is 0. The lowest BCUT2D eigenvalue weighted by molar-refractivity contribution is 0.593. The van der Waals surface area contributed by atoms with Crippen LogP contribution in [0.2, 0.25) is 0 Å². The zero-order valence-electron chi connectivity index (χ0n) is 15.3. The van der Waals surface area contributed by atoms with Crippen LogP contribution in [0.5, 0.6) is 0 Å². The maximum absolute atomic E-state index is 4.65. The molecule has 2 N–H and O–H groups in total. The number of aliphatic imine (C=N–C) groups is 1. The van der Waals surface area contributed by atoms with E-state index in [2.05, 4.69) is 64.8 Å². The van der Waals surface area contributed by atoms with Crippen molar-refractivity contribution in [3.63, 3.8) is 0 Å². The van der Waals surface area contributed by atoms with Gasteiger partial charge in [-0.1, -0.05) is 36.4 Å². The Morgan fingerprint density at radius 2 is 1.88 bits per heavy atom. The highest BCUT2D eigenvalue weighted by atomic mass is 127. The molecule has 2 rings (SSSR count). The Balaban J connectivity index is 0.00000312. The smallest absolute Gasteiger partial charge is 0.191 e. The van der Waals surface area contributed by atoms with Crippen molar-refractivity contribution in [2.45, 2.75) is 46.2 Å². The summed E-state index contributed by atoms with van der Waals surface area (Å²) >= 11 is 0. The summed E-state index contributed by atoms with van der Waals surface area (Å²) in [6.07, 6.45) is 2.13. The quantitative estimate of drug-likeness (QED) is 0.378. The van der Waals surface area contributed by atoms with Crippen LogP contribution in [0.3, 0.4) is 0 Å². The zero-order chi connectivity index (χ0) is 17.2. The second-order valence-electron chi connectivity index (χ2n) is 6.04. The van der Waals surface area contributed by atoms with Crippen molar-refractivity contribution < 1.29 is 0 Å². The predicted molar refractivity (Wildman–Crippen MR) is 117 cm³/mol. The maximum atomic E-state index is 4.65.